The predicted octanol–water partition coefficient (Wildman–Crippen LogP) is 3.65. The number of aliphatic hydroxyl groups is 1. The van der Waals surface area contributed by atoms with Crippen molar-refractivity contribution in [2.24, 2.45) is 0 Å². The summed E-state index contributed by atoms with van der Waals surface area (Å²) < 4.78 is 21.2. The molecule has 2 heterocycles. The van der Waals surface area contributed by atoms with Crippen LogP contribution >= 0.6 is 0 Å². The van der Waals surface area contributed by atoms with Gasteiger partial charge in [0.2, 0.25) is 0 Å². The molecule has 0 saturated carbocycles. The molecule has 0 spiro atoms. The van der Waals surface area contributed by atoms with Gasteiger partial charge in [-0.1, -0.05) is 0 Å². The molecular formula is C18H20FN3O2. The highest BCUT2D eigenvalue weighted by Gasteiger charge is 2.19. The van der Waals surface area contributed by atoms with Crippen LogP contribution in [-0.4, -0.2) is 19.9 Å². The van der Waals surface area contributed by atoms with Crippen molar-refractivity contribution in [3.8, 4) is 11.3 Å². The van der Waals surface area contributed by atoms with E-state index in [9.17, 15) is 9.50 Å². The molecule has 0 aliphatic heterocycles. The van der Waals surface area contributed by atoms with E-state index < -0.39 is 6.10 Å². The van der Waals surface area contributed by atoms with Gasteiger partial charge in [0, 0.05) is 31.6 Å². The normalized spacial score (nSPS) is 12.5. The van der Waals surface area contributed by atoms with E-state index in [0.717, 1.165) is 12.1 Å². The van der Waals surface area contributed by atoms with E-state index in [2.05, 4.69) is 10.1 Å². The van der Waals surface area contributed by atoms with Crippen LogP contribution in [-0.2, 0) is 13.0 Å². The van der Waals surface area contributed by atoms with Crippen molar-refractivity contribution in [1.29, 1.82) is 0 Å². The molecule has 0 fully saturated rings. The summed E-state index contributed by atoms with van der Waals surface area (Å²) in [6.07, 6.45) is 3.49. The van der Waals surface area contributed by atoms with E-state index in [1.165, 1.54) is 12.1 Å². The Balaban J connectivity index is 2.03. The SMILES string of the molecule is CCn1cc(Cc2oc(C)nc2-c2ccc(F)cc2C(C)O)cn1. The van der Waals surface area contributed by atoms with Crippen molar-refractivity contribution in [2.45, 2.75) is 39.8 Å². The second-order valence-corrected chi connectivity index (χ2v) is 5.79. The molecule has 2 aromatic heterocycles. The van der Waals surface area contributed by atoms with E-state index in [1.807, 2.05) is 17.8 Å². The van der Waals surface area contributed by atoms with Crippen LogP contribution < -0.4 is 0 Å². The van der Waals surface area contributed by atoms with Crippen LogP contribution in [0.5, 0.6) is 0 Å². The zero-order valence-corrected chi connectivity index (χ0v) is 14.0. The lowest BCUT2D eigenvalue weighted by Crippen LogP contribution is -1.98. The Morgan fingerprint density at radius 3 is 2.83 bits per heavy atom. The molecule has 1 unspecified atom stereocenters. The van der Waals surface area contributed by atoms with Crippen molar-refractivity contribution >= 4 is 0 Å². The number of hydrogen-bond acceptors (Lipinski definition) is 4. The standard InChI is InChI=1S/C18H20FN3O2/c1-4-22-10-13(9-20-22)7-17-18(21-12(3)24-17)15-6-5-14(19)8-16(15)11(2)23/h5-6,8-11,23H,4,7H2,1-3H3. The maximum Gasteiger partial charge on any atom is 0.191 e. The Morgan fingerprint density at radius 1 is 1.38 bits per heavy atom. The second kappa shape index (κ2) is 6.57. The van der Waals surface area contributed by atoms with E-state index in [-0.39, 0.29) is 5.82 Å². The molecule has 6 heteroatoms. The van der Waals surface area contributed by atoms with Crippen LogP contribution in [0.3, 0.4) is 0 Å². The van der Waals surface area contributed by atoms with Gasteiger partial charge in [-0.15, -0.1) is 0 Å². The fourth-order valence-corrected chi connectivity index (χ4v) is 2.75. The molecule has 1 N–H and O–H groups in total. The molecule has 0 bridgehead atoms. The van der Waals surface area contributed by atoms with Gasteiger partial charge in [-0.3, -0.25) is 4.68 Å². The maximum atomic E-state index is 13.6. The number of rotatable bonds is 5. The minimum Gasteiger partial charge on any atom is -0.445 e. The number of nitrogens with zero attached hydrogens (tertiary/aromatic N) is 3. The molecule has 0 aliphatic carbocycles. The van der Waals surface area contributed by atoms with Crippen molar-refractivity contribution in [2.75, 3.05) is 0 Å². The van der Waals surface area contributed by atoms with Gasteiger partial charge in [0.05, 0.1) is 12.3 Å². The highest BCUT2D eigenvalue weighted by Crippen LogP contribution is 2.32. The molecule has 0 radical (unpaired) electrons. The van der Waals surface area contributed by atoms with Crippen LogP contribution in [0.15, 0.2) is 35.0 Å². The Bertz CT molecular complexity index is 852. The monoisotopic (exact) mass is 329 g/mol. The molecule has 126 valence electrons. The van der Waals surface area contributed by atoms with Gasteiger partial charge in [-0.2, -0.15) is 5.10 Å². The van der Waals surface area contributed by atoms with Crippen molar-refractivity contribution in [3.63, 3.8) is 0 Å². The van der Waals surface area contributed by atoms with Crippen LogP contribution in [0.2, 0.25) is 0 Å². The first kappa shape index (κ1) is 16.4. The van der Waals surface area contributed by atoms with Gasteiger partial charge in [-0.25, -0.2) is 9.37 Å². The van der Waals surface area contributed by atoms with Gasteiger partial charge in [-0.05, 0) is 43.2 Å². The summed E-state index contributed by atoms with van der Waals surface area (Å²) in [5.74, 6) is 0.820. The summed E-state index contributed by atoms with van der Waals surface area (Å²) in [7, 11) is 0. The lowest BCUT2D eigenvalue weighted by Gasteiger charge is -2.11. The van der Waals surface area contributed by atoms with Gasteiger partial charge in [0.25, 0.3) is 0 Å². The third-order valence-electron chi connectivity index (χ3n) is 3.90. The lowest BCUT2D eigenvalue weighted by atomic mass is 9.98. The largest absolute Gasteiger partial charge is 0.445 e. The number of aliphatic hydroxyl groups excluding tert-OH is 1. The number of oxazole rings is 1. The van der Waals surface area contributed by atoms with E-state index in [1.54, 1.807) is 26.1 Å². The molecule has 3 aromatic rings. The van der Waals surface area contributed by atoms with E-state index >= 15 is 0 Å². The summed E-state index contributed by atoms with van der Waals surface area (Å²) in [5.41, 5.74) is 2.82. The summed E-state index contributed by atoms with van der Waals surface area (Å²) in [4.78, 5) is 4.45. The third kappa shape index (κ3) is 3.23. The number of benzene rings is 1. The molecule has 24 heavy (non-hydrogen) atoms. The molecule has 5 nitrogen and oxygen atoms in total. The summed E-state index contributed by atoms with van der Waals surface area (Å²) in [5, 5.41) is 14.2. The zero-order valence-electron chi connectivity index (χ0n) is 14.0. The number of halogens is 1. The Hall–Kier alpha value is -2.47. The quantitative estimate of drug-likeness (QED) is 0.776. The van der Waals surface area contributed by atoms with Crippen LogP contribution in [0.4, 0.5) is 4.39 Å². The zero-order chi connectivity index (χ0) is 17.3. The fraction of sp³-hybridized carbons (Fsp3) is 0.333. The summed E-state index contributed by atoms with van der Waals surface area (Å²) in [6, 6.07) is 4.33. The first-order valence-corrected chi connectivity index (χ1v) is 7.93. The molecule has 1 aromatic carbocycles. The summed E-state index contributed by atoms with van der Waals surface area (Å²) >= 11 is 0. The minimum atomic E-state index is -0.802. The van der Waals surface area contributed by atoms with E-state index in [0.29, 0.717) is 34.9 Å². The minimum absolute atomic E-state index is 0.388. The number of hydrogen-bond donors (Lipinski definition) is 1. The molecule has 0 amide bonds. The highest BCUT2D eigenvalue weighted by molar-refractivity contribution is 5.66. The molecule has 0 aliphatic rings. The molecular weight excluding hydrogens is 309 g/mol. The van der Waals surface area contributed by atoms with Gasteiger partial charge in [0.1, 0.15) is 17.3 Å². The Labute approximate surface area is 139 Å². The maximum absolute atomic E-state index is 13.6. The van der Waals surface area contributed by atoms with E-state index in [4.69, 9.17) is 4.42 Å². The topological polar surface area (TPSA) is 64.1 Å². The fourth-order valence-electron chi connectivity index (χ4n) is 2.75. The lowest BCUT2D eigenvalue weighted by molar-refractivity contribution is 0.199. The highest BCUT2D eigenvalue weighted by atomic mass is 19.1. The third-order valence-corrected chi connectivity index (χ3v) is 3.90. The Morgan fingerprint density at radius 2 is 2.17 bits per heavy atom. The smallest absolute Gasteiger partial charge is 0.191 e. The van der Waals surface area contributed by atoms with Crippen molar-refractivity contribution in [3.05, 3.63) is 59.2 Å². The van der Waals surface area contributed by atoms with Gasteiger partial charge in [0.15, 0.2) is 5.89 Å². The number of aryl methyl sites for hydroxylation is 2. The molecule has 3 rings (SSSR count). The van der Waals surface area contributed by atoms with Crippen LogP contribution in [0.25, 0.3) is 11.3 Å². The van der Waals surface area contributed by atoms with Crippen LogP contribution in [0, 0.1) is 12.7 Å². The Kier molecular flexibility index (Phi) is 4.49. The van der Waals surface area contributed by atoms with Gasteiger partial charge < -0.3 is 9.52 Å². The van der Waals surface area contributed by atoms with Crippen molar-refractivity contribution < 1.29 is 13.9 Å². The summed E-state index contributed by atoms with van der Waals surface area (Å²) in [6.45, 7) is 6.20. The second-order valence-electron chi connectivity index (χ2n) is 5.79. The average Bonchev–Trinajstić information content (AvgIpc) is 3.14. The van der Waals surface area contributed by atoms with Gasteiger partial charge >= 0.3 is 0 Å². The first-order chi connectivity index (χ1) is 11.5. The van der Waals surface area contributed by atoms with Crippen LogP contribution in [0.1, 0.15) is 42.7 Å². The molecule has 0 saturated heterocycles. The number of aromatic nitrogens is 3. The molecule has 1 atom stereocenters. The first-order valence-electron chi connectivity index (χ1n) is 7.93. The predicted molar refractivity (Wildman–Crippen MR) is 88.0 cm³/mol. The average molecular weight is 329 g/mol. The van der Waals surface area contributed by atoms with Crippen molar-refractivity contribution in [1.82, 2.24) is 14.8 Å².